The van der Waals surface area contributed by atoms with Gasteiger partial charge in [-0.15, -0.1) is 0 Å². The van der Waals surface area contributed by atoms with Crippen molar-refractivity contribution in [3.8, 4) is 0 Å². The van der Waals surface area contributed by atoms with Crippen molar-refractivity contribution >= 4 is 5.96 Å². The molecule has 0 saturated heterocycles. The summed E-state index contributed by atoms with van der Waals surface area (Å²) in [6, 6.07) is 3.52. The van der Waals surface area contributed by atoms with E-state index in [0.717, 1.165) is 25.0 Å². The first-order chi connectivity index (χ1) is 8.79. The number of aliphatic hydroxyl groups excluding tert-OH is 1. The summed E-state index contributed by atoms with van der Waals surface area (Å²) in [5.74, 6) is 2.11. The number of nitrogens with zero attached hydrogens (tertiary/aromatic N) is 1. The van der Waals surface area contributed by atoms with Crippen molar-refractivity contribution in [3.63, 3.8) is 0 Å². The minimum Gasteiger partial charge on any atom is -0.467 e. The molecule has 100 valence electrons. The second kappa shape index (κ2) is 6.44. The first-order valence-electron chi connectivity index (χ1n) is 6.53. The smallest absolute Gasteiger partial charge is 0.191 e. The number of hydrogen-bond acceptors (Lipinski definition) is 3. The first-order valence-corrected chi connectivity index (χ1v) is 6.53. The Kier molecular flexibility index (Phi) is 4.64. The van der Waals surface area contributed by atoms with E-state index in [4.69, 9.17) is 4.42 Å². The van der Waals surface area contributed by atoms with Gasteiger partial charge in [-0.1, -0.05) is 0 Å². The van der Waals surface area contributed by atoms with E-state index < -0.39 is 6.10 Å². The van der Waals surface area contributed by atoms with Crippen molar-refractivity contribution in [2.75, 3.05) is 19.6 Å². The van der Waals surface area contributed by atoms with E-state index in [1.54, 1.807) is 18.4 Å². The van der Waals surface area contributed by atoms with Gasteiger partial charge < -0.3 is 20.2 Å². The summed E-state index contributed by atoms with van der Waals surface area (Å²) in [4.78, 5) is 4.35. The van der Waals surface area contributed by atoms with E-state index in [2.05, 4.69) is 15.6 Å². The van der Waals surface area contributed by atoms with Gasteiger partial charge in [-0.2, -0.15) is 0 Å². The third-order valence-electron chi connectivity index (χ3n) is 2.89. The number of rotatable bonds is 6. The molecule has 0 aromatic carbocycles. The Hall–Kier alpha value is -1.49. The van der Waals surface area contributed by atoms with Crippen LogP contribution in [-0.4, -0.2) is 30.7 Å². The Balaban J connectivity index is 1.81. The van der Waals surface area contributed by atoms with Crippen LogP contribution in [0.2, 0.25) is 0 Å². The molecule has 1 atom stereocenters. The summed E-state index contributed by atoms with van der Waals surface area (Å²) in [6.45, 7) is 4.10. The van der Waals surface area contributed by atoms with Crippen LogP contribution in [0.3, 0.4) is 0 Å². The fraction of sp³-hybridized carbons (Fsp3) is 0.615. The van der Waals surface area contributed by atoms with Gasteiger partial charge in [0.15, 0.2) is 5.96 Å². The Morgan fingerprint density at radius 2 is 2.39 bits per heavy atom. The van der Waals surface area contributed by atoms with Crippen LogP contribution in [0.25, 0.3) is 0 Å². The SMILES string of the molecule is CCNC(=NCC(O)c1ccco1)NCC1CC1. The Bertz CT molecular complexity index is 372. The highest BCUT2D eigenvalue weighted by molar-refractivity contribution is 5.79. The molecular weight excluding hydrogens is 230 g/mol. The molecule has 1 aromatic rings. The van der Waals surface area contributed by atoms with Crippen LogP contribution in [0.5, 0.6) is 0 Å². The summed E-state index contributed by atoms with van der Waals surface area (Å²) in [7, 11) is 0. The lowest BCUT2D eigenvalue weighted by molar-refractivity contribution is 0.158. The van der Waals surface area contributed by atoms with E-state index in [9.17, 15) is 5.11 Å². The zero-order valence-corrected chi connectivity index (χ0v) is 10.7. The molecule has 3 N–H and O–H groups in total. The van der Waals surface area contributed by atoms with Crippen LogP contribution in [0, 0.1) is 5.92 Å². The predicted molar refractivity (Wildman–Crippen MR) is 70.4 cm³/mol. The van der Waals surface area contributed by atoms with E-state index >= 15 is 0 Å². The second-order valence-corrected chi connectivity index (χ2v) is 4.58. The zero-order valence-electron chi connectivity index (χ0n) is 10.7. The van der Waals surface area contributed by atoms with Crippen LogP contribution in [0.1, 0.15) is 31.6 Å². The largest absolute Gasteiger partial charge is 0.467 e. The maximum Gasteiger partial charge on any atom is 0.191 e. The highest BCUT2D eigenvalue weighted by Gasteiger charge is 2.21. The number of furan rings is 1. The third-order valence-corrected chi connectivity index (χ3v) is 2.89. The Morgan fingerprint density at radius 3 is 3.00 bits per heavy atom. The summed E-state index contributed by atoms with van der Waals surface area (Å²) < 4.78 is 5.14. The minimum absolute atomic E-state index is 0.299. The lowest BCUT2D eigenvalue weighted by Gasteiger charge is -2.11. The van der Waals surface area contributed by atoms with E-state index in [1.807, 2.05) is 6.92 Å². The monoisotopic (exact) mass is 251 g/mol. The van der Waals surface area contributed by atoms with Gasteiger partial charge in [0.05, 0.1) is 12.8 Å². The molecule has 1 saturated carbocycles. The molecule has 0 amide bonds. The molecule has 1 aliphatic rings. The average Bonchev–Trinajstić information content (AvgIpc) is 3.04. The van der Waals surface area contributed by atoms with Crippen molar-refractivity contribution in [1.82, 2.24) is 10.6 Å². The molecule has 5 nitrogen and oxygen atoms in total. The van der Waals surface area contributed by atoms with Crippen LogP contribution in [0.4, 0.5) is 0 Å². The van der Waals surface area contributed by atoms with Crippen molar-refractivity contribution in [3.05, 3.63) is 24.2 Å². The highest BCUT2D eigenvalue weighted by atomic mass is 16.4. The fourth-order valence-corrected chi connectivity index (χ4v) is 1.65. The summed E-state index contributed by atoms with van der Waals surface area (Å²) in [5.41, 5.74) is 0. The zero-order chi connectivity index (χ0) is 12.8. The predicted octanol–water partition coefficient (Wildman–Crippen LogP) is 1.28. The summed E-state index contributed by atoms with van der Waals surface area (Å²) >= 11 is 0. The average molecular weight is 251 g/mol. The Morgan fingerprint density at radius 1 is 1.56 bits per heavy atom. The lowest BCUT2D eigenvalue weighted by Crippen LogP contribution is -2.38. The number of hydrogen-bond donors (Lipinski definition) is 3. The molecule has 1 unspecified atom stereocenters. The molecule has 0 radical (unpaired) electrons. The normalized spacial score (nSPS) is 17.6. The van der Waals surface area contributed by atoms with Crippen LogP contribution < -0.4 is 10.6 Å². The third kappa shape index (κ3) is 4.07. The minimum atomic E-state index is -0.684. The van der Waals surface area contributed by atoms with Gasteiger partial charge >= 0.3 is 0 Å². The van der Waals surface area contributed by atoms with Gasteiger partial charge in [0.1, 0.15) is 11.9 Å². The lowest BCUT2D eigenvalue weighted by atomic mass is 10.3. The standard InChI is InChI=1S/C13H21N3O2/c1-2-14-13(15-8-10-5-6-10)16-9-11(17)12-4-3-7-18-12/h3-4,7,10-11,17H,2,5-6,8-9H2,1H3,(H2,14,15,16). The molecule has 0 spiro atoms. The van der Waals surface area contributed by atoms with Gasteiger partial charge in [0.2, 0.25) is 0 Å². The number of aliphatic hydroxyl groups is 1. The van der Waals surface area contributed by atoms with E-state index in [1.165, 1.54) is 12.8 Å². The molecule has 5 heteroatoms. The maximum absolute atomic E-state index is 9.86. The molecule has 1 aliphatic carbocycles. The summed E-state index contributed by atoms with van der Waals surface area (Å²) in [5, 5.41) is 16.3. The molecule has 0 bridgehead atoms. The van der Waals surface area contributed by atoms with E-state index in [0.29, 0.717) is 12.3 Å². The van der Waals surface area contributed by atoms with Crippen molar-refractivity contribution in [2.24, 2.45) is 10.9 Å². The van der Waals surface area contributed by atoms with Crippen molar-refractivity contribution in [1.29, 1.82) is 0 Å². The molecule has 18 heavy (non-hydrogen) atoms. The van der Waals surface area contributed by atoms with Gasteiger partial charge in [0.25, 0.3) is 0 Å². The highest BCUT2D eigenvalue weighted by Crippen LogP contribution is 2.27. The quantitative estimate of drug-likeness (QED) is 0.526. The summed E-state index contributed by atoms with van der Waals surface area (Å²) in [6.07, 6.45) is 3.48. The first kappa shape index (κ1) is 13.0. The number of aliphatic imine (C=N–C) groups is 1. The Labute approximate surface area is 107 Å². The molecule has 1 heterocycles. The molecule has 1 aromatic heterocycles. The maximum atomic E-state index is 9.86. The van der Waals surface area contributed by atoms with Crippen molar-refractivity contribution < 1.29 is 9.52 Å². The fourth-order valence-electron chi connectivity index (χ4n) is 1.65. The molecular formula is C13H21N3O2. The van der Waals surface area contributed by atoms with Crippen LogP contribution in [-0.2, 0) is 0 Å². The van der Waals surface area contributed by atoms with Crippen LogP contribution in [0.15, 0.2) is 27.8 Å². The van der Waals surface area contributed by atoms with Gasteiger partial charge in [0, 0.05) is 13.1 Å². The van der Waals surface area contributed by atoms with Crippen molar-refractivity contribution in [2.45, 2.75) is 25.9 Å². The molecule has 2 rings (SSSR count). The second-order valence-electron chi connectivity index (χ2n) is 4.58. The van der Waals surface area contributed by atoms with Gasteiger partial charge in [-0.3, -0.25) is 4.99 Å². The van der Waals surface area contributed by atoms with E-state index in [-0.39, 0.29) is 0 Å². The molecule has 1 fully saturated rings. The molecule has 0 aliphatic heterocycles. The number of nitrogens with one attached hydrogen (secondary N) is 2. The van der Waals surface area contributed by atoms with Gasteiger partial charge in [-0.25, -0.2) is 0 Å². The number of guanidine groups is 1. The topological polar surface area (TPSA) is 69.8 Å². The van der Waals surface area contributed by atoms with Crippen LogP contribution >= 0.6 is 0 Å². The van der Waals surface area contributed by atoms with Gasteiger partial charge in [-0.05, 0) is 37.8 Å².